The van der Waals surface area contributed by atoms with E-state index in [1.807, 2.05) is 87.5 Å². The summed E-state index contributed by atoms with van der Waals surface area (Å²) in [4.78, 5) is 144. The summed E-state index contributed by atoms with van der Waals surface area (Å²) in [6.45, 7) is 12.4. The van der Waals surface area contributed by atoms with E-state index >= 15 is 0 Å². The van der Waals surface area contributed by atoms with Crippen molar-refractivity contribution in [3.63, 3.8) is 0 Å². The molecule has 0 spiro atoms. The predicted octanol–water partition coefficient (Wildman–Crippen LogP) is 2.97. The van der Waals surface area contributed by atoms with Crippen LogP contribution in [0.25, 0.3) is 0 Å². The number of aliphatic imine (C=N–C) groups is 1. The van der Waals surface area contributed by atoms with E-state index < -0.39 is 131 Å². The molecule has 97 heavy (non-hydrogen) atoms. The van der Waals surface area contributed by atoms with Crippen LogP contribution in [0.2, 0.25) is 5.02 Å². The molecular weight excluding hydrogens is 1290 g/mol. The standard InChI is InChI=1S/C69H90ClN13O13S/c1-39-40(2)61(41(3)48-29-30-69(7,8)96-60(39)48)97(94,95)80-68(72)73-31-15-23-51(79-55(84)36-71)64(90)77-42(4)62(88)75-37-56(85)74-38-57(86)76-43(5)63(89)78-44(6)65(91)82-33-17-25-53(82)67(93)83-34-18-26-54(83)66(92)81-32-16-24-52(81)59(87)47-27-28-49(50(70)35-47)58(45-19-11-9-12-20-45)46-21-13-10-14-22-46/h9-14,19-22,27-28,35,42-44,51-54,58H,15-18,23-26,29-34,36-38,71H2,1-8H3,(H,74,85)(H,75,88)(H,76,86)(H,77,90)(H,78,89)(H,79,84)(H3,72,73,80)/t42-,43-,44-,51-,52-,53-,54-/m0/s1. The van der Waals surface area contributed by atoms with Gasteiger partial charge in [0.15, 0.2) is 5.78 Å². The molecule has 0 aromatic heterocycles. The average molecular weight is 1380 g/mol. The summed E-state index contributed by atoms with van der Waals surface area (Å²) >= 11 is 7.02. The Balaban J connectivity index is 0.754. The Morgan fingerprint density at radius 1 is 0.660 bits per heavy atom. The average Bonchev–Trinajstić information content (AvgIpc) is 1.37. The van der Waals surface area contributed by atoms with E-state index in [1.165, 1.54) is 30.6 Å². The quantitative estimate of drug-likeness (QED) is 0.0143. The van der Waals surface area contributed by atoms with E-state index in [0.29, 0.717) is 90.9 Å². The lowest BCUT2D eigenvalue weighted by Gasteiger charge is -2.35. The van der Waals surface area contributed by atoms with Crippen molar-refractivity contribution in [2.24, 2.45) is 16.5 Å². The van der Waals surface area contributed by atoms with E-state index in [2.05, 4.69) is 41.6 Å². The van der Waals surface area contributed by atoms with Gasteiger partial charge in [0.2, 0.25) is 59.1 Å². The highest BCUT2D eigenvalue weighted by atomic mass is 35.5. The van der Waals surface area contributed by atoms with E-state index in [0.717, 1.165) is 22.3 Å². The second-order valence-corrected chi connectivity index (χ2v) is 27.9. The van der Waals surface area contributed by atoms with Crippen LogP contribution in [0.1, 0.15) is 148 Å². The van der Waals surface area contributed by atoms with Gasteiger partial charge >= 0.3 is 0 Å². The largest absolute Gasteiger partial charge is 0.487 e. The van der Waals surface area contributed by atoms with Gasteiger partial charge in [0.25, 0.3) is 10.0 Å². The van der Waals surface area contributed by atoms with Crippen molar-refractivity contribution in [1.82, 2.24) is 51.3 Å². The van der Waals surface area contributed by atoms with Crippen LogP contribution in [-0.4, -0.2) is 182 Å². The molecule has 4 aromatic carbocycles. The van der Waals surface area contributed by atoms with Gasteiger partial charge in [0.05, 0.1) is 30.6 Å². The fourth-order valence-electron chi connectivity index (χ4n) is 13.1. The SMILES string of the molecule is Cc1c(C)c(S(=O)(=O)NC(N)=NCCC[C@H](NC(=O)CN)C(=O)N[C@@H](C)C(=O)NCC(=O)NCC(=O)N[C@@H](C)C(=O)N[C@@H](C)C(=O)N2CCC[C@H]2C(=O)N2CCC[C@H]2C(=O)N2CCC[C@H]2C(=O)c2ccc(C(c3ccccc3)c3ccccc3)c(Cl)c2)c(C)c2c1OC(C)(C)CC2. The normalized spacial score (nSPS) is 18.7. The van der Waals surface area contributed by atoms with Crippen LogP contribution in [0.5, 0.6) is 5.75 Å². The molecule has 28 heteroatoms. The highest BCUT2D eigenvalue weighted by Gasteiger charge is 2.47. The van der Waals surface area contributed by atoms with Crippen LogP contribution in [0.3, 0.4) is 0 Å². The van der Waals surface area contributed by atoms with Crippen molar-refractivity contribution in [2.75, 3.05) is 45.8 Å². The van der Waals surface area contributed by atoms with Crippen LogP contribution in [0, 0.1) is 20.8 Å². The molecule has 3 fully saturated rings. The lowest BCUT2D eigenvalue weighted by Crippen LogP contribution is -2.57. The molecule has 8 rings (SSSR count). The Bertz CT molecular complexity index is 3760. The highest BCUT2D eigenvalue weighted by molar-refractivity contribution is 7.90. The highest BCUT2D eigenvalue weighted by Crippen LogP contribution is 2.43. The third-order valence-electron chi connectivity index (χ3n) is 18.4. The number of hydrogen-bond acceptors (Lipinski definition) is 15. The first-order chi connectivity index (χ1) is 46.0. The number of fused-ring (bicyclic) bond motifs is 1. The van der Waals surface area contributed by atoms with E-state index in [1.54, 1.807) is 30.9 Å². The number of ether oxygens (including phenoxy) is 1. The van der Waals surface area contributed by atoms with Crippen LogP contribution < -0.4 is 52.8 Å². The molecule has 0 aliphatic carbocycles. The zero-order valence-corrected chi connectivity index (χ0v) is 57.8. The summed E-state index contributed by atoms with van der Waals surface area (Å²) in [7, 11) is -4.19. The van der Waals surface area contributed by atoms with Gasteiger partial charge in [-0.25, -0.2) is 13.1 Å². The molecule has 3 saturated heterocycles. The molecule has 7 atom stereocenters. The number of carbonyl (C=O) groups excluding carboxylic acids is 10. The van der Waals surface area contributed by atoms with Gasteiger partial charge in [-0.3, -0.25) is 52.9 Å². The van der Waals surface area contributed by atoms with Gasteiger partial charge in [-0.2, -0.15) is 0 Å². The first-order valence-electron chi connectivity index (χ1n) is 33.0. The smallest absolute Gasteiger partial charge is 0.264 e. The Morgan fingerprint density at radius 2 is 1.22 bits per heavy atom. The number of benzene rings is 4. The van der Waals surface area contributed by atoms with Gasteiger partial charge in [-0.15, -0.1) is 0 Å². The van der Waals surface area contributed by atoms with Crippen molar-refractivity contribution >= 4 is 86.5 Å². The molecule has 4 aromatic rings. The maximum atomic E-state index is 14.5. The summed E-state index contributed by atoms with van der Waals surface area (Å²) < 4.78 is 35.9. The number of ketones is 1. The summed E-state index contributed by atoms with van der Waals surface area (Å²) in [6.07, 6.45) is 4.20. The van der Waals surface area contributed by atoms with E-state index in [-0.39, 0.29) is 55.0 Å². The van der Waals surface area contributed by atoms with Crippen molar-refractivity contribution in [3.8, 4) is 5.75 Å². The molecule has 0 radical (unpaired) electrons. The van der Waals surface area contributed by atoms with Gasteiger partial charge < -0.3 is 62.8 Å². The molecule has 11 N–H and O–H groups in total. The zero-order valence-electron chi connectivity index (χ0n) is 56.2. The number of nitrogens with two attached hydrogens (primary N) is 2. The Kier molecular flexibility index (Phi) is 24.7. The Hall–Kier alpha value is -8.95. The van der Waals surface area contributed by atoms with Gasteiger partial charge in [0.1, 0.15) is 47.6 Å². The minimum Gasteiger partial charge on any atom is -0.487 e. The second-order valence-electron chi connectivity index (χ2n) is 25.9. The maximum absolute atomic E-state index is 14.5. The molecule has 0 saturated carbocycles. The van der Waals surface area contributed by atoms with Crippen molar-refractivity contribution in [1.29, 1.82) is 0 Å². The van der Waals surface area contributed by atoms with E-state index in [9.17, 15) is 56.4 Å². The van der Waals surface area contributed by atoms with Crippen LogP contribution in [0.4, 0.5) is 0 Å². The third-order valence-corrected chi connectivity index (χ3v) is 20.4. The molecule has 0 unspecified atom stereocenters. The number of nitrogens with zero attached hydrogens (tertiary/aromatic N) is 4. The van der Waals surface area contributed by atoms with Gasteiger partial charge in [0, 0.05) is 42.7 Å². The van der Waals surface area contributed by atoms with Crippen LogP contribution >= 0.6 is 11.6 Å². The van der Waals surface area contributed by atoms with Crippen molar-refractivity contribution < 1.29 is 61.1 Å². The lowest BCUT2D eigenvalue weighted by atomic mass is 9.84. The first kappa shape index (κ1) is 73.9. The zero-order chi connectivity index (χ0) is 70.6. The number of rotatable bonds is 26. The van der Waals surface area contributed by atoms with Crippen molar-refractivity contribution in [2.45, 2.75) is 178 Å². The lowest BCUT2D eigenvalue weighted by molar-refractivity contribution is -0.149. The third kappa shape index (κ3) is 18.0. The van der Waals surface area contributed by atoms with E-state index in [4.69, 9.17) is 27.8 Å². The number of hydrogen-bond donors (Lipinski definition) is 9. The fraction of sp³-hybridized carbons (Fsp3) is 0.493. The second kappa shape index (κ2) is 32.4. The molecule has 9 amide bonds. The number of sulfonamides is 1. The first-order valence-corrected chi connectivity index (χ1v) is 34.8. The molecule has 26 nitrogen and oxygen atoms in total. The number of guanidine groups is 1. The number of amides is 9. The topological polar surface area (TPSA) is 372 Å². The summed E-state index contributed by atoms with van der Waals surface area (Å²) in [5.74, 6) is -5.99. The number of carbonyl (C=O) groups is 10. The Labute approximate surface area is 570 Å². The molecule has 4 aliphatic rings. The Morgan fingerprint density at radius 3 is 1.82 bits per heavy atom. The maximum Gasteiger partial charge on any atom is 0.264 e. The summed E-state index contributed by atoms with van der Waals surface area (Å²) in [5, 5.41) is 15.1. The summed E-state index contributed by atoms with van der Waals surface area (Å²) in [5.41, 5.74) is 17.0. The number of halogens is 1. The van der Waals surface area contributed by atoms with Gasteiger partial charge in [-0.1, -0.05) is 84.4 Å². The predicted molar refractivity (Wildman–Crippen MR) is 363 cm³/mol. The van der Waals surface area contributed by atoms with Gasteiger partial charge in [-0.05, 0) is 165 Å². The minimum absolute atomic E-state index is 0.0298. The van der Waals surface area contributed by atoms with Crippen LogP contribution in [-0.2, 0) is 59.6 Å². The fourth-order valence-corrected chi connectivity index (χ4v) is 15.0. The monoisotopic (exact) mass is 1380 g/mol. The number of likely N-dealkylation sites (tertiary alicyclic amines) is 3. The number of Topliss-reactive ketones (excluding diaryl/α,β-unsaturated/α-hetero) is 1. The van der Waals surface area contributed by atoms with Crippen molar-refractivity contribution in [3.05, 3.63) is 128 Å². The molecule has 4 aliphatic heterocycles. The number of nitrogens with one attached hydrogen (secondary N) is 7. The molecule has 4 heterocycles. The molecule has 0 bridgehead atoms. The molecule has 522 valence electrons. The van der Waals surface area contributed by atoms with Crippen LogP contribution in [0.15, 0.2) is 88.8 Å². The summed E-state index contributed by atoms with van der Waals surface area (Å²) in [6, 6.07) is 18.0. The minimum atomic E-state index is -4.19. The molecular formula is C69H90ClN13O13S.